The third-order valence-corrected chi connectivity index (χ3v) is 3.27. The summed E-state index contributed by atoms with van der Waals surface area (Å²) in [7, 11) is 0. The fourth-order valence-electron chi connectivity index (χ4n) is 2.18. The highest BCUT2D eigenvalue weighted by Crippen LogP contribution is 2.22. The molecule has 1 rings (SSSR count). The number of aryl methyl sites for hydroxylation is 2. The molecule has 104 valence electrons. The van der Waals surface area contributed by atoms with Gasteiger partial charge in [0.25, 0.3) is 0 Å². The van der Waals surface area contributed by atoms with Gasteiger partial charge in [-0.3, -0.25) is 9.59 Å². The van der Waals surface area contributed by atoms with Crippen molar-refractivity contribution in [3.8, 4) is 5.75 Å². The number of hydrogen-bond donors (Lipinski definition) is 0. The summed E-state index contributed by atoms with van der Waals surface area (Å²) in [6.45, 7) is 7.49. The van der Waals surface area contributed by atoms with Gasteiger partial charge in [0.05, 0.1) is 12.5 Å². The highest BCUT2D eigenvalue weighted by molar-refractivity contribution is 6.00. The Kier molecular flexibility index (Phi) is 5.74. The zero-order valence-electron chi connectivity index (χ0n) is 12.2. The van der Waals surface area contributed by atoms with E-state index < -0.39 is 5.92 Å². The van der Waals surface area contributed by atoms with Crippen LogP contribution in [0.1, 0.15) is 37.8 Å². The van der Waals surface area contributed by atoms with Crippen LogP contribution in [-0.4, -0.2) is 18.2 Å². The number of carbonyl (C=O) groups is 2. The molecule has 0 unspecified atom stereocenters. The van der Waals surface area contributed by atoms with E-state index in [4.69, 9.17) is 4.74 Å². The van der Waals surface area contributed by atoms with Crippen LogP contribution in [0.15, 0.2) is 18.2 Å². The van der Waals surface area contributed by atoms with E-state index in [2.05, 4.69) is 0 Å². The molecule has 0 saturated carbocycles. The molecule has 0 saturated heterocycles. The number of benzene rings is 1. The van der Waals surface area contributed by atoms with Gasteiger partial charge < -0.3 is 4.74 Å². The molecule has 0 amide bonds. The molecule has 0 aliphatic rings. The standard InChI is InChI=1S/C16H22O3/c1-11-7-5-8-12(2)16(11)19-10-6-9-15(13(3)17)14(4)18/h5,7-8,15H,6,9-10H2,1-4H3. The first-order chi connectivity index (χ1) is 8.93. The molecule has 3 nitrogen and oxygen atoms in total. The lowest BCUT2D eigenvalue weighted by Gasteiger charge is -2.13. The molecular weight excluding hydrogens is 240 g/mol. The van der Waals surface area contributed by atoms with Crippen molar-refractivity contribution in [1.82, 2.24) is 0 Å². The van der Waals surface area contributed by atoms with E-state index in [0.717, 1.165) is 16.9 Å². The second kappa shape index (κ2) is 7.07. The molecule has 0 heterocycles. The van der Waals surface area contributed by atoms with Crippen molar-refractivity contribution < 1.29 is 14.3 Å². The minimum absolute atomic E-state index is 0.0560. The third-order valence-electron chi connectivity index (χ3n) is 3.27. The average Bonchev–Trinajstić information content (AvgIpc) is 2.31. The number of para-hydroxylation sites is 1. The zero-order chi connectivity index (χ0) is 14.4. The Hall–Kier alpha value is -1.64. The largest absolute Gasteiger partial charge is 0.493 e. The van der Waals surface area contributed by atoms with E-state index in [1.165, 1.54) is 13.8 Å². The Morgan fingerprint density at radius 3 is 2.11 bits per heavy atom. The molecule has 0 aliphatic carbocycles. The minimum atomic E-state index is -0.471. The van der Waals surface area contributed by atoms with Crippen molar-refractivity contribution in [2.24, 2.45) is 5.92 Å². The molecule has 1 aromatic carbocycles. The maximum Gasteiger partial charge on any atom is 0.140 e. The molecule has 3 heteroatoms. The number of rotatable bonds is 7. The van der Waals surface area contributed by atoms with Crippen LogP contribution in [0.2, 0.25) is 0 Å². The monoisotopic (exact) mass is 262 g/mol. The summed E-state index contributed by atoms with van der Waals surface area (Å²) >= 11 is 0. The van der Waals surface area contributed by atoms with E-state index >= 15 is 0 Å². The summed E-state index contributed by atoms with van der Waals surface area (Å²) in [5.74, 6) is 0.324. The lowest BCUT2D eigenvalue weighted by Crippen LogP contribution is -2.20. The third kappa shape index (κ3) is 4.51. The second-order valence-corrected chi connectivity index (χ2v) is 4.99. The average molecular weight is 262 g/mol. The van der Waals surface area contributed by atoms with Gasteiger partial charge >= 0.3 is 0 Å². The molecule has 0 bridgehead atoms. The van der Waals surface area contributed by atoms with Crippen molar-refractivity contribution >= 4 is 11.6 Å². The van der Waals surface area contributed by atoms with Gasteiger partial charge in [0.15, 0.2) is 0 Å². The van der Waals surface area contributed by atoms with E-state index in [1.807, 2.05) is 32.0 Å². The molecule has 0 fully saturated rings. The molecule has 0 aromatic heterocycles. The maximum atomic E-state index is 11.3. The Morgan fingerprint density at radius 2 is 1.63 bits per heavy atom. The first-order valence-corrected chi connectivity index (χ1v) is 6.63. The molecule has 19 heavy (non-hydrogen) atoms. The Morgan fingerprint density at radius 1 is 1.11 bits per heavy atom. The van der Waals surface area contributed by atoms with Crippen LogP contribution in [0.25, 0.3) is 0 Å². The van der Waals surface area contributed by atoms with Gasteiger partial charge in [-0.1, -0.05) is 18.2 Å². The topological polar surface area (TPSA) is 43.4 Å². The van der Waals surface area contributed by atoms with E-state index in [1.54, 1.807) is 0 Å². The Balaban J connectivity index is 2.47. The molecule has 0 N–H and O–H groups in total. The molecule has 1 aromatic rings. The Labute approximate surface area is 115 Å². The van der Waals surface area contributed by atoms with Gasteiger partial charge in [-0.05, 0) is 51.7 Å². The molecule has 0 radical (unpaired) electrons. The predicted octanol–water partition coefficient (Wildman–Crippen LogP) is 3.26. The summed E-state index contributed by atoms with van der Waals surface area (Å²) in [5.41, 5.74) is 2.21. The maximum absolute atomic E-state index is 11.3. The van der Waals surface area contributed by atoms with Gasteiger partial charge in [-0.25, -0.2) is 0 Å². The fraction of sp³-hybridized carbons (Fsp3) is 0.500. The fourth-order valence-corrected chi connectivity index (χ4v) is 2.18. The molecule has 0 atom stereocenters. The lowest BCUT2D eigenvalue weighted by molar-refractivity contribution is -0.130. The van der Waals surface area contributed by atoms with Crippen LogP contribution < -0.4 is 4.74 Å². The molecule has 0 aliphatic heterocycles. The van der Waals surface area contributed by atoms with Gasteiger partial charge in [-0.2, -0.15) is 0 Å². The van der Waals surface area contributed by atoms with Crippen molar-refractivity contribution in [1.29, 1.82) is 0 Å². The quantitative estimate of drug-likeness (QED) is 0.559. The smallest absolute Gasteiger partial charge is 0.140 e. The van der Waals surface area contributed by atoms with Crippen molar-refractivity contribution in [2.75, 3.05) is 6.61 Å². The summed E-state index contributed by atoms with van der Waals surface area (Å²) in [4.78, 5) is 22.6. The normalized spacial score (nSPS) is 10.6. The highest BCUT2D eigenvalue weighted by Gasteiger charge is 2.18. The number of ketones is 2. The van der Waals surface area contributed by atoms with E-state index in [0.29, 0.717) is 19.4 Å². The predicted molar refractivity (Wildman–Crippen MR) is 75.5 cm³/mol. The van der Waals surface area contributed by atoms with Crippen LogP contribution in [-0.2, 0) is 9.59 Å². The second-order valence-electron chi connectivity index (χ2n) is 4.99. The zero-order valence-corrected chi connectivity index (χ0v) is 12.2. The summed E-state index contributed by atoms with van der Waals surface area (Å²) in [5, 5.41) is 0. The number of ether oxygens (including phenoxy) is 1. The van der Waals surface area contributed by atoms with E-state index in [-0.39, 0.29) is 11.6 Å². The lowest BCUT2D eigenvalue weighted by atomic mass is 9.95. The van der Waals surface area contributed by atoms with Crippen LogP contribution in [0.5, 0.6) is 5.75 Å². The van der Waals surface area contributed by atoms with Crippen LogP contribution in [0, 0.1) is 19.8 Å². The van der Waals surface area contributed by atoms with Crippen LogP contribution in [0.3, 0.4) is 0 Å². The van der Waals surface area contributed by atoms with Gasteiger partial charge in [0.2, 0.25) is 0 Å². The van der Waals surface area contributed by atoms with Crippen LogP contribution >= 0.6 is 0 Å². The van der Waals surface area contributed by atoms with Gasteiger partial charge in [-0.15, -0.1) is 0 Å². The van der Waals surface area contributed by atoms with Crippen LogP contribution in [0.4, 0.5) is 0 Å². The minimum Gasteiger partial charge on any atom is -0.493 e. The van der Waals surface area contributed by atoms with Crippen molar-refractivity contribution in [3.63, 3.8) is 0 Å². The Bertz CT molecular complexity index is 429. The van der Waals surface area contributed by atoms with Gasteiger partial charge in [0, 0.05) is 0 Å². The summed E-state index contributed by atoms with van der Waals surface area (Å²) in [6.07, 6.45) is 1.27. The van der Waals surface area contributed by atoms with Crippen molar-refractivity contribution in [3.05, 3.63) is 29.3 Å². The number of carbonyl (C=O) groups excluding carboxylic acids is 2. The first kappa shape index (κ1) is 15.4. The van der Waals surface area contributed by atoms with E-state index in [9.17, 15) is 9.59 Å². The molecule has 0 spiro atoms. The van der Waals surface area contributed by atoms with Crippen molar-refractivity contribution in [2.45, 2.75) is 40.5 Å². The first-order valence-electron chi connectivity index (χ1n) is 6.63. The number of hydrogen-bond acceptors (Lipinski definition) is 3. The SMILES string of the molecule is CC(=O)C(CCCOc1c(C)cccc1C)C(C)=O. The number of Topliss-reactive ketones (excluding diaryl/α,β-unsaturated/α-hetero) is 2. The summed E-state index contributed by atoms with van der Waals surface area (Å²) in [6, 6.07) is 6.02. The molecular formula is C16H22O3. The van der Waals surface area contributed by atoms with Gasteiger partial charge in [0.1, 0.15) is 17.3 Å². The summed E-state index contributed by atoms with van der Waals surface area (Å²) < 4.78 is 5.75. The highest BCUT2D eigenvalue weighted by atomic mass is 16.5.